The van der Waals surface area contributed by atoms with E-state index in [0.29, 0.717) is 5.25 Å². The third-order valence-electron chi connectivity index (χ3n) is 0.679. The molecule has 0 amide bonds. The van der Waals surface area contributed by atoms with Crippen LogP contribution in [0.4, 0.5) is 0 Å². The SMILES string of the molecule is C/C(S)=C/C(=O)SC(C)C. The highest BCUT2D eigenvalue weighted by Gasteiger charge is 2.00. The van der Waals surface area contributed by atoms with E-state index in [9.17, 15) is 4.79 Å². The lowest BCUT2D eigenvalue weighted by atomic mass is 10.5. The summed E-state index contributed by atoms with van der Waals surface area (Å²) < 4.78 is 0. The molecule has 0 aromatic heterocycles. The first-order valence-corrected chi connectivity index (χ1v) is 4.43. The van der Waals surface area contributed by atoms with E-state index >= 15 is 0 Å². The third kappa shape index (κ3) is 6.23. The van der Waals surface area contributed by atoms with Crippen molar-refractivity contribution in [1.29, 1.82) is 0 Å². The number of thioether (sulfide) groups is 1. The Morgan fingerprint density at radius 1 is 1.60 bits per heavy atom. The maximum atomic E-state index is 10.9. The van der Waals surface area contributed by atoms with Gasteiger partial charge in [0.25, 0.3) is 0 Å². The van der Waals surface area contributed by atoms with E-state index in [1.165, 1.54) is 17.8 Å². The van der Waals surface area contributed by atoms with E-state index < -0.39 is 0 Å². The van der Waals surface area contributed by atoms with Crippen LogP contribution in [0, 0.1) is 0 Å². The molecule has 0 aromatic carbocycles. The zero-order chi connectivity index (χ0) is 8.15. The van der Waals surface area contributed by atoms with Crippen molar-refractivity contribution in [2.45, 2.75) is 26.0 Å². The summed E-state index contributed by atoms with van der Waals surface area (Å²) >= 11 is 5.31. The number of hydrogen-bond acceptors (Lipinski definition) is 3. The van der Waals surface area contributed by atoms with Crippen LogP contribution in [0.3, 0.4) is 0 Å². The second-order valence-corrected chi connectivity index (χ2v) is 4.56. The lowest BCUT2D eigenvalue weighted by molar-refractivity contribution is -0.107. The topological polar surface area (TPSA) is 17.1 Å². The Hall–Kier alpha value is 0.110. The van der Waals surface area contributed by atoms with Gasteiger partial charge < -0.3 is 0 Å². The molecule has 0 saturated carbocycles. The summed E-state index contributed by atoms with van der Waals surface area (Å²) in [6, 6.07) is 0. The Balaban J connectivity index is 3.76. The van der Waals surface area contributed by atoms with Crippen LogP contribution in [0.1, 0.15) is 20.8 Å². The van der Waals surface area contributed by atoms with Crippen molar-refractivity contribution in [3.63, 3.8) is 0 Å². The molecule has 0 aliphatic carbocycles. The molecule has 0 aliphatic rings. The van der Waals surface area contributed by atoms with Gasteiger partial charge in [-0.15, -0.1) is 12.6 Å². The van der Waals surface area contributed by atoms with E-state index in [4.69, 9.17) is 0 Å². The lowest BCUT2D eigenvalue weighted by Gasteiger charge is -1.98. The first kappa shape index (κ1) is 10.1. The highest BCUT2D eigenvalue weighted by molar-refractivity contribution is 8.14. The summed E-state index contributed by atoms with van der Waals surface area (Å²) in [6.07, 6.45) is 1.54. The summed E-state index contributed by atoms with van der Waals surface area (Å²) in [4.78, 5) is 11.7. The molecule has 0 heterocycles. The van der Waals surface area contributed by atoms with E-state index in [1.807, 2.05) is 13.8 Å². The Kier molecular flexibility index (Phi) is 4.91. The second-order valence-electron chi connectivity index (χ2n) is 2.27. The molecule has 0 radical (unpaired) electrons. The summed E-state index contributed by atoms with van der Waals surface area (Å²) in [5, 5.41) is 0.443. The van der Waals surface area contributed by atoms with Gasteiger partial charge in [-0.25, -0.2) is 0 Å². The lowest BCUT2D eigenvalue weighted by Crippen LogP contribution is -1.93. The molecule has 0 fully saturated rings. The maximum absolute atomic E-state index is 10.9. The molecule has 3 heteroatoms. The van der Waals surface area contributed by atoms with Gasteiger partial charge >= 0.3 is 0 Å². The summed E-state index contributed by atoms with van der Waals surface area (Å²) in [7, 11) is 0. The minimum atomic E-state index is 0.0856. The zero-order valence-corrected chi connectivity index (χ0v) is 8.13. The van der Waals surface area contributed by atoms with Crippen LogP contribution in [0.25, 0.3) is 0 Å². The Morgan fingerprint density at radius 2 is 2.10 bits per heavy atom. The van der Waals surface area contributed by atoms with Crippen molar-refractivity contribution in [2.24, 2.45) is 0 Å². The van der Waals surface area contributed by atoms with Crippen molar-refractivity contribution >= 4 is 29.5 Å². The van der Waals surface area contributed by atoms with Crippen molar-refractivity contribution in [1.82, 2.24) is 0 Å². The molecule has 0 atom stereocenters. The minimum absolute atomic E-state index is 0.0856. The average molecular weight is 176 g/mol. The van der Waals surface area contributed by atoms with E-state index in [1.54, 1.807) is 6.92 Å². The number of hydrogen-bond donors (Lipinski definition) is 1. The van der Waals surface area contributed by atoms with Gasteiger partial charge in [0.15, 0.2) is 0 Å². The standard InChI is InChI=1S/C7H12OS2/c1-5(2)10-7(8)4-6(3)9/h4-5,9H,1-3H3/b6-4-. The van der Waals surface area contributed by atoms with Gasteiger partial charge in [0.1, 0.15) is 0 Å². The van der Waals surface area contributed by atoms with Crippen molar-refractivity contribution in [3.8, 4) is 0 Å². The fourth-order valence-electron chi connectivity index (χ4n) is 0.437. The van der Waals surface area contributed by atoms with Gasteiger partial charge in [0, 0.05) is 11.3 Å². The number of carbonyl (C=O) groups excluding carboxylic acids is 1. The monoisotopic (exact) mass is 176 g/mol. The Bertz CT molecular complexity index is 146. The van der Waals surface area contributed by atoms with Crippen LogP contribution in [0.5, 0.6) is 0 Å². The maximum Gasteiger partial charge on any atom is 0.213 e. The molecular formula is C7H12OS2. The van der Waals surface area contributed by atoms with Crippen LogP contribution >= 0.6 is 24.4 Å². The first-order chi connectivity index (χ1) is 4.52. The predicted molar refractivity (Wildman–Crippen MR) is 50.5 cm³/mol. The fourth-order valence-corrected chi connectivity index (χ4v) is 1.35. The van der Waals surface area contributed by atoms with Gasteiger partial charge in [-0.2, -0.15) is 0 Å². The number of carbonyl (C=O) groups is 1. The number of allylic oxidation sites excluding steroid dienone is 1. The van der Waals surface area contributed by atoms with E-state index in [2.05, 4.69) is 12.6 Å². The van der Waals surface area contributed by atoms with E-state index in [0.717, 1.165) is 4.91 Å². The molecule has 0 unspecified atom stereocenters. The second kappa shape index (κ2) is 4.85. The number of thiol groups is 1. The van der Waals surface area contributed by atoms with Gasteiger partial charge in [-0.1, -0.05) is 25.6 Å². The Labute approximate surface area is 71.7 Å². The largest absolute Gasteiger partial charge is 0.282 e. The minimum Gasteiger partial charge on any atom is -0.282 e. The normalized spacial score (nSPS) is 12.3. The van der Waals surface area contributed by atoms with Crippen LogP contribution in [-0.4, -0.2) is 10.4 Å². The van der Waals surface area contributed by atoms with Crippen molar-refractivity contribution in [3.05, 3.63) is 11.0 Å². The van der Waals surface area contributed by atoms with Crippen LogP contribution in [-0.2, 0) is 4.79 Å². The third-order valence-corrected chi connectivity index (χ3v) is 1.63. The van der Waals surface area contributed by atoms with Gasteiger partial charge in [-0.3, -0.25) is 4.79 Å². The number of rotatable bonds is 2. The molecule has 0 aromatic rings. The summed E-state index contributed by atoms with van der Waals surface area (Å²) in [6.45, 7) is 5.77. The molecule has 0 aliphatic heterocycles. The van der Waals surface area contributed by atoms with Crippen molar-refractivity contribution < 1.29 is 4.79 Å². The van der Waals surface area contributed by atoms with Gasteiger partial charge in [0.05, 0.1) is 0 Å². The van der Waals surface area contributed by atoms with Gasteiger partial charge in [-0.05, 0) is 11.8 Å². The van der Waals surface area contributed by atoms with Crippen LogP contribution < -0.4 is 0 Å². The molecule has 1 nitrogen and oxygen atoms in total. The van der Waals surface area contributed by atoms with Crippen molar-refractivity contribution in [2.75, 3.05) is 0 Å². The molecule has 10 heavy (non-hydrogen) atoms. The van der Waals surface area contributed by atoms with Crippen LogP contribution in [0.15, 0.2) is 11.0 Å². The molecule has 0 rings (SSSR count). The molecule has 0 saturated heterocycles. The molecular weight excluding hydrogens is 164 g/mol. The Morgan fingerprint density at radius 3 is 2.40 bits per heavy atom. The summed E-state index contributed by atoms with van der Waals surface area (Å²) in [5.41, 5.74) is 0. The van der Waals surface area contributed by atoms with Gasteiger partial charge in [0.2, 0.25) is 5.12 Å². The zero-order valence-electron chi connectivity index (χ0n) is 6.42. The highest BCUT2D eigenvalue weighted by Crippen LogP contribution is 2.12. The molecule has 0 spiro atoms. The quantitative estimate of drug-likeness (QED) is 0.514. The van der Waals surface area contributed by atoms with E-state index in [-0.39, 0.29) is 5.12 Å². The summed E-state index contributed by atoms with van der Waals surface area (Å²) in [5.74, 6) is 0. The predicted octanol–water partition coefficient (Wildman–Crippen LogP) is 2.49. The first-order valence-electron chi connectivity index (χ1n) is 3.10. The average Bonchev–Trinajstić information content (AvgIpc) is 1.58. The highest BCUT2D eigenvalue weighted by atomic mass is 32.2. The molecule has 0 bridgehead atoms. The van der Waals surface area contributed by atoms with Crippen LogP contribution in [0.2, 0.25) is 0 Å². The smallest absolute Gasteiger partial charge is 0.213 e. The molecule has 58 valence electrons. The fraction of sp³-hybridized carbons (Fsp3) is 0.571. The molecule has 0 N–H and O–H groups in total.